The van der Waals surface area contributed by atoms with Crippen molar-refractivity contribution in [3.8, 4) is 11.4 Å². The van der Waals surface area contributed by atoms with Crippen LogP contribution in [0.15, 0.2) is 59.8 Å². The summed E-state index contributed by atoms with van der Waals surface area (Å²) in [5.41, 5.74) is 0.896. The van der Waals surface area contributed by atoms with Gasteiger partial charge in [-0.1, -0.05) is 53.7 Å². The lowest BCUT2D eigenvalue weighted by Crippen LogP contribution is -2.12. The van der Waals surface area contributed by atoms with Crippen LogP contribution in [-0.4, -0.2) is 32.1 Å². The number of esters is 1. The minimum atomic E-state index is -0.293. The Bertz CT molecular complexity index is 980. The number of thioether (sulfide) groups is 1. The monoisotopic (exact) mass is 415 g/mol. The van der Waals surface area contributed by atoms with Crippen molar-refractivity contribution in [1.82, 2.24) is 14.8 Å². The Hall–Kier alpha value is -2.51. The number of nitrogens with zero attached hydrogens (tertiary/aromatic N) is 3. The number of aromatic nitrogens is 3. The van der Waals surface area contributed by atoms with Gasteiger partial charge < -0.3 is 9.47 Å². The smallest absolute Gasteiger partial charge is 0.319 e. The fraction of sp³-hybridized carbons (Fsp3) is 0.250. The number of carbonyl (C=O) groups is 1. The topological polar surface area (TPSA) is 66.2 Å². The number of halogens is 1. The van der Waals surface area contributed by atoms with Crippen molar-refractivity contribution in [2.45, 2.75) is 36.5 Å². The van der Waals surface area contributed by atoms with Gasteiger partial charge in [-0.05, 0) is 31.2 Å². The van der Waals surface area contributed by atoms with Crippen LogP contribution >= 0.6 is 23.4 Å². The van der Waals surface area contributed by atoms with E-state index in [9.17, 15) is 4.79 Å². The molecule has 0 radical (unpaired) electrons. The number of cyclic esters (lactones) is 1. The lowest BCUT2D eigenvalue weighted by Gasteiger charge is -2.12. The van der Waals surface area contributed by atoms with E-state index < -0.39 is 0 Å². The molecular formula is C20H18ClN3O3S. The summed E-state index contributed by atoms with van der Waals surface area (Å²) < 4.78 is 13.0. The highest BCUT2D eigenvalue weighted by Gasteiger charge is 2.34. The lowest BCUT2D eigenvalue weighted by atomic mass is 10.3. The summed E-state index contributed by atoms with van der Waals surface area (Å²) in [6.07, 6.45) is 0.567. The summed E-state index contributed by atoms with van der Waals surface area (Å²) in [5, 5.41) is 9.47. The molecule has 0 spiro atoms. The molecule has 0 saturated carbocycles. The molecule has 8 heteroatoms. The average molecular weight is 416 g/mol. The molecule has 6 nitrogen and oxygen atoms in total. The van der Waals surface area contributed by atoms with Crippen LogP contribution in [0.25, 0.3) is 5.69 Å². The van der Waals surface area contributed by atoms with Gasteiger partial charge in [0.15, 0.2) is 11.0 Å². The van der Waals surface area contributed by atoms with Gasteiger partial charge in [0.05, 0.1) is 5.02 Å². The predicted octanol–water partition coefficient (Wildman–Crippen LogP) is 4.30. The van der Waals surface area contributed by atoms with Crippen LogP contribution in [0.2, 0.25) is 5.02 Å². The second-order valence-corrected chi connectivity index (χ2v) is 7.96. The average Bonchev–Trinajstić information content (AvgIpc) is 3.24. The van der Waals surface area contributed by atoms with Gasteiger partial charge in [-0.2, -0.15) is 0 Å². The Kier molecular flexibility index (Phi) is 5.54. The number of para-hydroxylation sites is 2. The van der Waals surface area contributed by atoms with Gasteiger partial charge in [-0.25, -0.2) is 0 Å². The summed E-state index contributed by atoms with van der Waals surface area (Å²) in [6.45, 7) is 2.08. The molecule has 2 atom stereocenters. The molecule has 2 aromatic carbocycles. The van der Waals surface area contributed by atoms with Crippen LogP contribution in [0, 0.1) is 0 Å². The standard InChI is InChI=1S/C20H18ClN3O3S/c1-13-11-17(19(25)27-13)28-20-23-22-18(24(20)14-7-3-2-4-8-14)12-26-16-10-6-5-9-15(16)21/h2-10,13,17H,11-12H2,1H3/t13-,17+/m0/s1. The molecular weight excluding hydrogens is 398 g/mol. The molecule has 3 aromatic rings. The van der Waals surface area contributed by atoms with Gasteiger partial charge in [0.25, 0.3) is 0 Å². The molecule has 1 aliphatic heterocycles. The van der Waals surface area contributed by atoms with E-state index in [-0.39, 0.29) is 23.9 Å². The molecule has 2 heterocycles. The highest BCUT2D eigenvalue weighted by atomic mass is 35.5. The Balaban J connectivity index is 1.62. The van der Waals surface area contributed by atoms with E-state index in [1.165, 1.54) is 11.8 Å². The number of hydrogen-bond donors (Lipinski definition) is 0. The zero-order valence-corrected chi connectivity index (χ0v) is 16.7. The van der Waals surface area contributed by atoms with E-state index in [0.29, 0.717) is 28.2 Å². The third kappa shape index (κ3) is 4.00. The van der Waals surface area contributed by atoms with Gasteiger partial charge in [0.2, 0.25) is 0 Å². The minimum Gasteiger partial charge on any atom is -0.484 e. The van der Waals surface area contributed by atoms with Crippen LogP contribution < -0.4 is 4.74 Å². The molecule has 144 valence electrons. The van der Waals surface area contributed by atoms with Crippen molar-refractivity contribution in [2.75, 3.05) is 0 Å². The molecule has 1 saturated heterocycles. The highest BCUT2D eigenvalue weighted by molar-refractivity contribution is 8.00. The summed E-state index contributed by atoms with van der Waals surface area (Å²) >= 11 is 7.54. The first kappa shape index (κ1) is 18.8. The quantitative estimate of drug-likeness (QED) is 0.559. The van der Waals surface area contributed by atoms with Gasteiger partial charge in [-0.3, -0.25) is 9.36 Å². The number of benzene rings is 2. The second kappa shape index (κ2) is 8.24. The zero-order valence-electron chi connectivity index (χ0n) is 15.1. The third-order valence-electron chi connectivity index (χ3n) is 4.28. The van der Waals surface area contributed by atoms with Gasteiger partial charge in [-0.15, -0.1) is 10.2 Å². The van der Waals surface area contributed by atoms with Crippen LogP contribution in [0.3, 0.4) is 0 Å². The Labute approximate surface area is 171 Å². The molecule has 1 aromatic heterocycles. The summed E-state index contributed by atoms with van der Waals surface area (Å²) in [6, 6.07) is 17.0. The number of hydrogen-bond acceptors (Lipinski definition) is 6. The second-order valence-electron chi connectivity index (χ2n) is 6.38. The molecule has 0 amide bonds. The van der Waals surface area contributed by atoms with E-state index in [1.807, 2.05) is 54.0 Å². The maximum absolute atomic E-state index is 12.1. The first-order valence-corrected chi connectivity index (χ1v) is 10.1. The molecule has 0 N–H and O–H groups in total. The van der Waals surface area contributed by atoms with Crippen LogP contribution in [0.4, 0.5) is 0 Å². The largest absolute Gasteiger partial charge is 0.484 e. The molecule has 1 fully saturated rings. The molecule has 0 aliphatic carbocycles. The predicted molar refractivity (Wildman–Crippen MR) is 107 cm³/mol. The fourth-order valence-corrected chi connectivity index (χ4v) is 4.32. The van der Waals surface area contributed by atoms with Crippen molar-refractivity contribution >= 4 is 29.3 Å². The van der Waals surface area contributed by atoms with E-state index in [0.717, 1.165) is 5.69 Å². The minimum absolute atomic E-state index is 0.0823. The molecule has 4 rings (SSSR count). The molecule has 0 unspecified atom stereocenters. The van der Waals surface area contributed by atoms with Crippen molar-refractivity contribution < 1.29 is 14.3 Å². The summed E-state index contributed by atoms with van der Waals surface area (Å²) in [4.78, 5) is 12.1. The first-order chi connectivity index (χ1) is 13.6. The van der Waals surface area contributed by atoms with Crippen molar-refractivity contribution in [3.63, 3.8) is 0 Å². The van der Waals surface area contributed by atoms with Gasteiger partial charge in [0, 0.05) is 12.1 Å². The van der Waals surface area contributed by atoms with Crippen molar-refractivity contribution in [2.24, 2.45) is 0 Å². The first-order valence-electron chi connectivity index (χ1n) is 8.86. The molecule has 1 aliphatic rings. The Morgan fingerprint density at radius 3 is 2.64 bits per heavy atom. The Morgan fingerprint density at radius 1 is 1.18 bits per heavy atom. The Morgan fingerprint density at radius 2 is 1.93 bits per heavy atom. The van der Waals surface area contributed by atoms with E-state index >= 15 is 0 Å². The van der Waals surface area contributed by atoms with Crippen LogP contribution in [-0.2, 0) is 16.1 Å². The van der Waals surface area contributed by atoms with Gasteiger partial charge >= 0.3 is 5.97 Å². The van der Waals surface area contributed by atoms with Gasteiger partial charge in [0.1, 0.15) is 23.7 Å². The van der Waals surface area contributed by atoms with E-state index in [2.05, 4.69) is 10.2 Å². The highest BCUT2D eigenvalue weighted by Crippen LogP contribution is 2.33. The third-order valence-corrected chi connectivity index (χ3v) is 5.74. The van der Waals surface area contributed by atoms with Crippen molar-refractivity contribution in [3.05, 3.63) is 65.4 Å². The molecule has 28 heavy (non-hydrogen) atoms. The van der Waals surface area contributed by atoms with Crippen LogP contribution in [0.5, 0.6) is 5.75 Å². The number of ether oxygens (including phenoxy) is 2. The maximum Gasteiger partial charge on any atom is 0.319 e. The SMILES string of the molecule is C[C@H]1C[C@@H](Sc2nnc(COc3ccccc3Cl)n2-c2ccccc2)C(=O)O1. The lowest BCUT2D eigenvalue weighted by molar-refractivity contribution is -0.140. The van der Waals surface area contributed by atoms with Crippen molar-refractivity contribution in [1.29, 1.82) is 0 Å². The normalized spacial score (nSPS) is 18.9. The zero-order chi connectivity index (χ0) is 19.5. The van der Waals surface area contributed by atoms with E-state index in [4.69, 9.17) is 21.1 Å². The molecule has 0 bridgehead atoms. The number of carbonyl (C=O) groups excluding carboxylic acids is 1. The maximum atomic E-state index is 12.1. The number of rotatable bonds is 6. The van der Waals surface area contributed by atoms with E-state index in [1.54, 1.807) is 12.1 Å². The summed E-state index contributed by atoms with van der Waals surface area (Å²) in [7, 11) is 0. The summed E-state index contributed by atoms with van der Waals surface area (Å²) in [5.74, 6) is 0.983. The van der Waals surface area contributed by atoms with Crippen LogP contribution in [0.1, 0.15) is 19.2 Å². The fourth-order valence-electron chi connectivity index (χ4n) is 2.95.